The molecule has 2 aromatic heterocycles. The topological polar surface area (TPSA) is 51.0 Å². The molecule has 0 atom stereocenters. The summed E-state index contributed by atoms with van der Waals surface area (Å²) in [6.07, 6.45) is 1.72. The van der Waals surface area contributed by atoms with Crippen LogP contribution < -0.4 is 5.32 Å². The number of hydrogen-bond acceptors (Lipinski definition) is 4. The molecule has 0 radical (unpaired) electrons. The van der Waals surface area contributed by atoms with E-state index in [0.717, 1.165) is 23.7 Å². The van der Waals surface area contributed by atoms with E-state index in [1.54, 1.807) is 6.20 Å². The van der Waals surface area contributed by atoms with Gasteiger partial charge in [0.1, 0.15) is 5.76 Å². The van der Waals surface area contributed by atoms with Crippen molar-refractivity contribution in [2.45, 2.75) is 26.9 Å². The average molecular weight is 217 g/mol. The quantitative estimate of drug-likeness (QED) is 0.850. The van der Waals surface area contributed by atoms with E-state index >= 15 is 0 Å². The van der Waals surface area contributed by atoms with E-state index in [4.69, 9.17) is 4.42 Å². The average Bonchev–Trinajstić information content (AvgIpc) is 2.64. The molecular formula is C12H15N3O. The number of pyridine rings is 1. The number of rotatable bonds is 4. The van der Waals surface area contributed by atoms with Gasteiger partial charge in [0.05, 0.1) is 18.4 Å². The summed E-state index contributed by atoms with van der Waals surface area (Å²) in [6, 6.07) is 6.00. The molecule has 16 heavy (non-hydrogen) atoms. The third-order valence-corrected chi connectivity index (χ3v) is 2.20. The Morgan fingerprint density at radius 3 is 2.81 bits per heavy atom. The highest BCUT2D eigenvalue weighted by Gasteiger charge is 2.00. The molecular weight excluding hydrogens is 202 g/mol. The van der Waals surface area contributed by atoms with Gasteiger partial charge in [0.15, 0.2) is 0 Å². The van der Waals surface area contributed by atoms with E-state index in [9.17, 15) is 0 Å². The maximum Gasteiger partial charge on any atom is 0.208 e. The van der Waals surface area contributed by atoms with E-state index in [0.29, 0.717) is 12.4 Å². The first-order valence-electron chi connectivity index (χ1n) is 5.28. The number of nitrogens with one attached hydrogen (secondary N) is 1. The molecule has 0 bridgehead atoms. The molecule has 0 spiro atoms. The first kappa shape index (κ1) is 10.8. The number of hydrogen-bond donors (Lipinski definition) is 1. The Kier molecular flexibility index (Phi) is 3.31. The van der Waals surface area contributed by atoms with Gasteiger partial charge in [-0.05, 0) is 26.0 Å². The Morgan fingerprint density at radius 2 is 2.12 bits per heavy atom. The molecule has 4 nitrogen and oxygen atoms in total. The number of aromatic nitrogens is 2. The van der Waals surface area contributed by atoms with Crippen molar-refractivity contribution in [3.05, 3.63) is 47.4 Å². The lowest BCUT2D eigenvalue weighted by Crippen LogP contribution is -2.14. The molecule has 4 heteroatoms. The lowest BCUT2D eigenvalue weighted by atomic mass is 10.3. The lowest BCUT2D eigenvalue weighted by Gasteiger charge is -2.02. The second-order valence-electron chi connectivity index (χ2n) is 3.74. The minimum Gasteiger partial charge on any atom is -0.445 e. The largest absolute Gasteiger partial charge is 0.445 e. The predicted octanol–water partition coefficient (Wildman–Crippen LogP) is 1.98. The van der Waals surface area contributed by atoms with Gasteiger partial charge in [0.2, 0.25) is 5.89 Å². The maximum absolute atomic E-state index is 5.35. The Morgan fingerprint density at radius 1 is 1.25 bits per heavy atom. The number of nitrogens with zero attached hydrogens (tertiary/aromatic N) is 2. The second kappa shape index (κ2) is 4.90. The van der Waals surface area contributed by atoms with Gasteiger partial charge in [0, 0.05) is 12.2 Å². The molecule has 0 saturated heterocycles. The van der Waals surface area contributed by atoms with E-state index < -0.39 is 0 Å². The fourth-order valence-corrected chi connectivity index (χ4v) is 1.48. The summed E-state index contributed by atoms with van der Waals surface area (Å²) in [5, 5.41) is 3.24. The summed E-state index contributed by atoms with van der Waals surface area (Å²) in [5.74, 6) is 1.55. The minimum atomic E-state index is 0.628. The Balaban J connectivity index is 1.84. The minimum absolute atomic E-state index is 0.628. The van der Waals surface area contributed by atoms with Gasteiger partial charge in [-0.1, -0.05) is 6.07 Å². The van der Waals surface area contributed by atoms with Gasteiger partial charge < -0.3 is 9.73 Å². The van der Waals surface area contributed by atoms with Crippen LogP contribution in [0.25, 0.3) is 0 Å². The summed E-state index contributed by atoms with van der Waals surface area (Å²) >= 11 is 0. The fourth-order valence-electron chi connectivity index (χ4n) is 1.48. The van der Waals surface area contributed by atoms with Crippen molar-refractivity contribution < 1.29 is 4.42 Å². The summed E-state index contributed by atoms with van der Waals surface area (Å²) in [6.45, 7) is 5.23. The van der Waals surface area contributed by atoms with Crippen molar-refractivity contribution in [2.75, 3.05) is 0 Å². The molecule has 0 saturated carbocycles. The van der Waals surface area contributed by atoms with Crippen LogP contribution in [0.5, 0.6) is 0 Å². The first-order valence-corrected chi connectivity index (χ1v) is 5.28. The molecule has 0 amide bonds. The van der Waals surface area contributed by atoms with E-state index in [1.165, 1.54) is 0 Å². The molecule has 0 aliphatic heterocycles. The maximum atomic E-state index is 5.35. The predicted molar refractivity (Wildman–Crippen MR) is 60.8 cm³/mol. The van der Waals surface area contributed by atoms with Gasteiger partial charge in [-0.2, -0.15) is 0 Å². The molecule has 0 aliphatic carbocycles. The summed E-state index contributed by atoms with van der Waals surface area (Å²) < 4.78 is 5.35. The molecule has 84 valence electrons. The molecule has 1 N–H and O–H groups in total. The smallest absolute Gasteiger partial charge is 0.208 e. The Hall–Kier alpha value is -1.68. The third-order valence-electron chi connectivity index (χ3n) is 2.20. The number of aryl methyl sites for hydroxylation is 2. The van der Waals surface area contributed by atoms with Gasteiger partial charge in [-0.3, -0.25) is 4.98 Å². The van der Waals surface area contributed by atoms with Gasteiger partial charge in [0.25, 0.3) is 0 Å². The monoisotopic (exact) mass is 217 g/mol. The van der Waals surface area contributed by atoms with Crippen molar-refractivity contribution in [3.8, 4) is 0 Å². The van der Waals surface area contributed by atoms with E-state index in [1.807, 2.05) is 32.0 Å². The Bertz CT molecular complexity index is 465. The molecule has 2 aromatic rings. The van der Waals surface area contributed by atoms with E-state index in [2.05, 4.69) is 15.3 Å². The molecule has 2 heterocycles. The third kappa shape index (κ3) is 2.90. The van der Waals surface area contributed by atoms with E-state index in [-0.39, 0.29) is 0 Å². The van der Waals surface area contributed by atoms with Crippen LogP contribution in [0.4, 0.5) is 0 Å². The fraction of sp³-hybridized carbons (Fsp3) is 0.333. The zero-order valence-corrected chi connectivity index (χ0v) is 9.53. The second-order valence-corrected chi connectivity index (χ2v) is 3.74. The molecule has 0 fully saturated rings. The summed E-state index contributed by atoms with van der Waals surface area (Å²) in [4.78, 5) is 8.51. The number of oxazole rings is 1. The highest BCUT2D eigenvalue weighted by atomic mass is 16.4. The lowest BCUT2D eigenvalue weighted by molar-refractivity contribution is 0.448. The SMILES string of the molecule is Cc1cccc(CNCc2ncc(C)o2)n1. The van der Waals surface area contributed by atoms with Crippen LogP contribution in [-0.2, 0) is 13.1 Å². The van der Waals surface area contributed by atoms with Crippen LogP contribution in [0, 0.1) is 13.8 Å². The molecule has 0 unspecified atom stereocenters. The van der Waals surface area contributed by atoms with Crippen molar-refractivity contribution in [1.29, 1.82) is 0 Å². The van der Waals surface area contributed by atoms with Gasteiger partial charge in [-0.15, -0.1) is 0 Å². The van der Waals surface area contributed by atoms with Crippen molar-refractivity contribution in [2.24, 2.45) is 0 Å². The summed E-state index contributed by atoms with van der Waals surface area (Å²) in [7, 11) is 0. The van der Waals surface area contributed by atoms with Crippen LogP contribution in [0.3, 0.4) is 0 Å². The molecule has 0 aliphatic rings. The van der Waals surface area contributed by atoms with Crippen molar-refractivity contribution >= 4 is 0 Å². The van der Waals surface area contributed by atoms with Gasteiger partial charge >= 0.3 is 0 Å². The molecule has 0 aromatic carbocycles. The standard InChI is InChI=1S/C12H15N3O/c1-9-4-3-5-11(15-9)7-13-8-12-14-6-10(2)16-12/h3-6,13H,7-8H2,1-2H3. The van der Waals surface area contributed by atoms with Crippen LogP contribution >= 0.6 is 0 Å². The zero-order valence-electron chi connectivity index (χ0n) is 9.53. The van der Waals surface area contributed by atoms with Crippen molar-refractivity contribution in [1.82, 2.24) is 15.3 Å². The normalized spacial score (nSPS) is 10.6. The highest BCUT2D eigenvalue weighted by molar-refractivity contribution is 5.09. The van der Waals surface area contributed by atoms with Gasteiger partial charge in [-0.25, -0.2) is 4.98 Å². The van der Waals surface area contributed by atoms with Crippen LogP contribution in [-0.4, -0.2) is 9.97 Å². The van der Waals surface area contributed by atoms with Crippen molar-refractivity contribution in [3.63, 3.8) is 0 Å². The Labute approximate surface area is 94.7 Å². The highest BCUT2D eigenvalue weighted by Crippen LogP contribution is 2.02. The van der Waals surface area contributed by atoms with Crippen LogP contribution in [0.15, 0.2) is 28.8 Å². The zero-order chi connectivity index (χ0) is 11.4. The van der Waals surface area contributed by atoms with Crippen LogP contribution in [0.2, 0.25) is 0 Å². The molecule has 2 rings (SSSR count). The van der Waals surface area contributed by atoms with Crippen LogP contribution in [0.1, 0.15) is 23.0 Å². The first-order chi connectivity index (χ1) is 7.74. The summed E-state index contributed by atoms with van der Waals surface area (Å²) in [5.41, 5.74) is 2.06.